The van der Waals surface area contributed by atoms with Gasteiger partial charge in [0.1, 0.15) is 5.54 Å². The minimum absolute atomic E-state index is 0.0631. The van der Waals surface area contributed by atoms with Gasteiger partial charge in [-0.25, -0.2) is 14.7 Å². The highest BCUT2D eigenvalue weighted by molar-refractivity contribution is 7.20. The second kappa shape index (κ2) is 12.8. The Bertz CT molecular complexity index is 1460. The van der Waals surface area contributed by atoms with Crippen LogP contribution in [0.5, 0.6) is 0 Å². The minimum Gasteiger partial charge on any atom is -0.370 e. The summed E-state index contributed by atoms with van der Waals surface area (Å²) in [6.45, 7) is 5.08. The summed E-state index contributed by atoms with van der Waals surface area (Å²) in [5.41, 5.74) is 5.99. The SMILES string of the molecule is CN[C@H](Cc1ccccc1)C(=O)N(C(=O)N1CCC[C@H]1C)C(C)(C(=O)c1nc2ccccc2s1)C1CCCN(C(=N)N)C1. The molecule has 2 aromatic carbocycles. The van der Waals surface area contributed by atoms with Gasteiger partial charge in [0.15, 0.2) is 11.0 Å². The number of para-hydroxylation sites is 1. The average Bonchev–Trinajstić information content (AvgIpc) is 3.66. The number of rotatable bonds is 8. The highest BCUT2D eigenvalue weighted by Gasteiger charge is 2.55. The number of hydrogen-bond acceptors (Lipinski definition) is 7. The Morgan fingerprint density at radius 1 is 1.12 bits per heavy atom. The standard InChI is InChI=1S/C32H41N7O3S/c1-21-11-9-18-38(21)31(42)39(29(41)25(35-3)19-22-12-5-4-6-13-22)32(2,23-14-10-17-37(20-23)30(33)34)27(40)28-36-24-15-7-8-16-26(24)43-28/h4-8,12-13,15-16,21,23,25,35H,9-11,14,17-20H2,1-3H3,(H3,33,34)/t21-,23?,25-,32?/m1/s1. The van der Waals surface area contributed by atoms with Gasteiger partial charge >= 0.3 is 6.03 Å². The van der Waals surface area contributed by atoms with E-state index in [4.69, 9.17) is 11.1 Å². The number of thiazole rings is 1. The molecule has 228 valence electrons. The predicted molar refractivity (Wildman–Crippen MR) is 169 cm³/mol. The zero-order valence-electron chi connectivity index (χ0n) is 25.1. The normalized spacial score (nSPS) is 20.9. The summed E-state index contributed by atoms with van der Waals surface area (Å²) in [4.78, 5) is 53.7. The van der Waals surface area contributed by atoms with Gasteiger partial charge in [0.25, 0.3) is 0 Å². The second-order valence-corrected chi connectivity index (χ2v) is 12.8. The molecule has 2 aliphatic rings. The molecule has 0 saturated carbocycles. The lowest BCUT2D eigenvalue weighted by atomic mass is 9.75. The maximum Gasteiger partial charge on any atom is 0.327 e. The van der Waals surface area contributed by atoms with E-state index in [1.807, 2.05) is 61.5 Å². The first kappa shape index (κ1) is 30.6. The van der Waals surface area contributed by atoms with Crippen molar-refractivity contribution in [3.63, 3.8) is 0 Å². The van der Waals surface area contributed by atoms with Gasteiger partial charge in [-0.15, -0.1) is 11.3 Å². The Balaban J connectivity index is 1.65. The molecule has 10 nitrogen and oxygen atoms in total. The lowest BCUT2D eigenvalue weighted by Crippen LogP contribution is -2.69. The number of urea groups is 1. The monoisotopic (exact) mass is 603 g/mol. The zero-order chi connectivity index (χ0) is 30.7. The number of likely N-dealkylation sites (N-methyl/N-ethyl adjacent to an activating group) is 1. The van der Waals surface area contributed by atoms with Crippen LogP contribution in [0.3, 0.4) is 0 Å². The first-order valence-electron chi connectivity index (χ1n) is 15.0. The van der Waals surface area contributed by atoms with Gasteiger partial charge in [-0.3, -0.25) is 15.0 Å². The van der Waals surface area contributed by atoms with Crippen LogP contribution in [0.15, 0.2) is 54.6 Å². The number of Topliss-reactive ketones (excluding diaryl/α,β-unsaturated/α-hetero) is 1. The van der Waals surface area contributed by atoms with E-state index >= 15 is 0 Å². The fraction of sp³-hybridized carbons (Fsp3) is 0.469. The highest BCUT2D eigenvalue weighted by Crippen LogP contribution is 2.39. The third kappa shape index (κ3) is 6.01. The molecule has 3 aromatic rings. The van der Waals surface area contributed by atoms with Gasteiger partial charge in [-0.2, -0.15) is 0 Å². The number of piperidine rings is 1. The molecule has 2 fully saturated rings. The summed E-state index contributed by atoms with van der Waals surface area (Å²) in [7, 11) is 1.71. The molecule has 0 spiro atoms. The molecule has 3 amide bonds. The Morgan fingerprint density at radius 3 is 2.47 bits per heavy atom. The molecule has 3 heterocycles. The van der Waals surface area contributed by atoms with Crippen LogP contribution in [0.1, 0.15) is 54.9 Å². The van der Waals surface area contributed by atoms with Crippen LogP contribution in [-0.2, 0) is 11.2 Å². The Morgan fingerprint density at radius 2 is 1.81 bits per heavy atom. The summed E-state index contributed by atoms with van der Waals surface area (Å²) in [6.07, 6.45) is 3.27. The number of nitrogens with two attached hydrogens (primary N) is 1. The lowest BCUT2D eigenvalue weighted by molar-refractivity contribution is -0.136. The van der Waals surface area contributed by atoms with Crippen LogP contribution < -0.4 is 11.1 Å². The number of nitrogens with one attached hydrogen (secondary N) is 2. The van der Waals surface area contributed by atoms with Crippen molar-refractivity contribution < 1.29 is 14.4 Å². The van der Waals surface area contributed by atoms with Crippen LogP contribution in [0.2, 0.25) is 0 Å². The fourth-order valence-electron chi connectivity index (χ4n) is 6.50. The van der Waals surface area contributed by atoms with E-state index in [-0.39, 0.29) is 29.3 Å². The van der Waals surface area contributed by atoms with E-state index in [0.717, 1.165) is 23.1 Å². The van der Waals surface area contributed by atoms with Crippen LogP contribution in [0, 0.1) is 11.3 Å². The molecule has 2 saturated heterocycles. The molecule has 0 radical (unpaired) electrons. The summed E-state index contributed by atoms with van der Waals surface area (Å²) >= 11 is 1.27. The van der Waals surface area contributed by atoms with Crippen molar-refractivity contribution in [2.24, 2.45) is 11.7 Å². The van der Waals surface area contributed by atoms with Crippen LogP contribution in [0.4, 0.5) is 4.79 Å². The largest absolute Gasteiger partial charge is 0.370 e. The molecule has 2 unspecified atom stereocenters. The number of guanidine groups is 1. The number of nitrogens with zero attached hydrogens (tertiary/aromatic N) is 4. The van der Waals surface area contributed by atoms with E-state index in [2.05, 4.69) is 10.3 Å². The number of aromatic nitrogens is 1. The number of carbonyl (C=O) groups excluding carboxylic acids is 3. The lowest BCUT2D eigenvalue weighted by Gasteiger charge is -2.49. The quantitative estimate of drug-likeness (QED) is 0.200. The van der Waals surface area contributed by atoms with Crippen molar-refractivity contribution in [3.05, 3.63) is 65.2 Å². The van der Waals surface area contributed by atoms with Gasteiger partial charge in [-0.1, -0.05) is 42.5 Å². The summed E-state index contributed by atoms with van der Waals surface area (Å²) in [5.74, 6) is -1.38. The second-order valence-electron chi connectivity index (χ2n) is 11.8. The molecule has 0 aliphatic carbocycles. The summed E-state index contributed by atoms with van der Waals surface area (Å²) in [5, 5.41) is 11.5. The first-order chi connectivity index (χ1) is 20.6. The van der Waals surface area contributed by atoms with Crippen molar-refractivity contribution in [1.29, 1.82) is 5.41 Å². The maximum atomic E-state index is 14.9. The van der Waals surface area contributed by atoms with Crippen LogP contribution in [0.25, 0.3) is 10.2 Å². The number of benzene rings is 2. The third-order valence-electron chi connectivity index (χ3n) is 9.11. The number of likely N-dealkylation sites (tertiary alicyclic amines) is 2. The molecule has 11 heteroatoms. The first-order valence-corrected chi connectivity index (χ1v) is 15.8. The summed E-state index contributed by atoms with van der Waals surface area (Å²) in [6, 6.07) is 15.9. The van der Waals surface area contributed by atoms with Gasteiger partial charge in [-0.05, 0) is 70.7 Å². The highest BCUT2D eigenvalue weighted by atomic mass is 32.1. The van der Waals surface area contributed by atoms with Crippen molar-refractivity contribution in [1.82, 2.24) is 25.0 Å². The summed E-state index contributed by atoms with van der Waals surface area (Å²) < 4.78 is 0.858. The molecule has 0 bridgehead atoms. The topological polar surface area (TPSA) is 136 Å². The molecule has 43 heavy (non-hydrogen) atoms. The molecule has 4 N–H and O–H groups in total. The Kier molecular flexibility index (Phi) is 9.12. The van der Waals surface area contributed by atoms with Gasteiger partial charge in [0.05, 0.1) is 16.3 Å². The van der Waals surface area contributed by atoms with Crippen molar-refractivity contribution in [2.45, 2.75) is 63.6 Å². The van der Waals surface area contributed by atoms with Crippen LogP contribution in [-0.4, -0.2) is 87.7 Å². The minimum atomic E-state index is -1.58. The fourth-order valence-corrected chi connectivity index (χ4v) is 7.51. The number of ketones is 1. The van der Waals surface area contributed by atoms with E-state index in [1.54, 1.807) is 23.8 Å². The molecular formula is C32H41N7O3S. The van der Waals surface area contributed by atoms with E-state index in [9.17, 15) is 14.4 Å². The van der Waals surface area contributed by atoms with Gasteiger partial charge in [0.2, 0.25) is 11.7 Å². The van der Waals surface area contributed by atoms with Crippen LogP contribution >= 0.6 is 11.3 Å². The average molecular weight is 604 g/mol. The predicted octanol–water partition coefficient (Wildman–Crippen LogP) is 4.11. The molecule has 5 rings (SSSR count). The number of carbonyl (C=O) groups is 3. The Labute approximate surface area is 256 Å². The number of hydrogen-bond donors (Lipinski definition) is 3. The molecule has 4 atom stereocenters. The number of imide groups is 1. The maximum absolute atomic E-state index is 14.9. The van der Waals surface area contributed by atoms with E-state index in [1.165, 1.54) is 16.2 Å². The third-order valence-corrected chi connectivity index (χ3v) is 10.1. The molecule has 2 aliphatic heterocycles. The van der Waals surface area contributed by atoms with Crippen molar-refractivity contribution in [2.75, 3.05) is 26.7 Å². The Hall–Kier alpha value is -3.83. The number of fused-ring (bicyclic) bond motifs is 1. The van der Waals surface area contributed by atoms with E-state index in [0.29, 0.717) is 37.9 Å². The smallest absolute Gasteiger partial charge is 0.327 e. The zero-order valence-corrected chi connectivity index (χ0v) is 25.9. The van der Waals surface area contributed by atoms with E-state index < -0.39 is 29.4 Å². The van der Waals surface area contributed by atoms with Crippen molar-refractivity contribution in [3.8, 4) is 0 Å². The number of amides is 3. The molecular weight excluding hydrogens is 562 g/mol. The van der Waals surface area contributed by atoms with Gasteiger partial charge in [0, 0.05) is 31.6 Å². The van der Waals surface area contributed by atoms with Crippen molar-refractivity contribution >= 4 is 45.2 Å². The van der Waals surface area contributed by atoms with Gasteiger partial charge < -0.3 is 20.9 Å². The molecule has 1 aromatic heterocycles.